The number of hydrazone groups is 1. The predicted octanol–water partition coefficient (Wildman–Crippen LogP) is -0.156. The van der Waals surface area contributed by atoms with Gasteiger partial charge in [-0.3, -0.25) is 4.99 Å². The summed E-state index contributed by atoms with van der Waals surface area (Å²) >= 11 is 0. The van der Waals surface area contributed by atoms with Crippen molar-refractivity contribution >= 4 is 35.7 Å². The Bertz CT molecular complexity index is 892. The molecule has 142 valence electrons. The Morgan fingerprint density at radius 1 is 1.22 bits per heavy atom. The van der Waals surface area contributed by atoms with E-state index in [0.717, 1.165) is 23.0 Å². The SMILES string of the molecule is OCC(O)C(O)C(O)C=NNc1nc(O)c(/C=C2\C=Nc3ccccc32)[nH]1. The second-order valence-electron chi connectivity index (χ2n) is 5.82. The standard InChI is InChI=1S/C17H19N5O5/c23-8-14(25)15(26)13(24)7-19-22-17-20-12(16(27)21-17)5-9-6-18-11-4-2-1-3-10(9)11/h1-7,13-15,23-27H,8H2,(H2,20,21,22)/b9-5+,19-7?. The minimum absolute atomic E-state index is 0.100. The zero-order valence-electron chi connectivity index (χ0n) is 14.1. The van der Waals surface area contributed by atoms with Crippen molar-refractivity contribution in [2.75, 3.05) is 12.0 Å². The molecular formula is C17H19N5O5. The first-order chi connectivity index (χ1) is 13.0. The molecule has 0 bridgehead atoms. The summed E-state index contributed by atoms with van der Waals surface area (Å²) in [6.45, 7) is -0.698. The first kappa shape index (κ1) is 18.7. The monoisotopic (exact) mass is 373 g/mol. The van der Waals surface area contributed by atoms with Gasteiger partial charge >= 0.3 is 0 Å². The van der Waals surface area contributed by atoms with Crippen LogP contribution in [-0.2, 0) is 0 Å². The van der Waals surface area contributed by atoms with Crippen molar-refractivity contribution in [2.24, 2.45) is 10.1 Å². The van der Waals surface area contributed by atoms with E-state index in [-0.39, 0.29) is 11.8 Å². The van der Waals surface area contributed by atoms with Gasteiger partial charge in [-0.15, -0.1) is 0 Å². The number of anilines is 1. The molecule has 0 spiro atoms. The lowest BCUT2D eigenvalue weighted by Crippen LogP contribution is -2.40. The zero-order valence-corrected chi connectivity index (χ0v) is 14.1. The maximum atomic E-state index is 9.97. The number of nitrogens with one attached hydrogen (secondary N) is 2. The summed E-state index contributed by atoms with van der Waals surface area (Å²) < 4.78 is 0. The van der Waals surface area contributed by atoms with Gasteiger partial charge in [0.05, 0.1) is 18.5 Å². The molecule has 3 rings (SSSR count). The molecule has 1 aromatic carbocycles. The Labute approximate surface area is 153 Å². The smallest absolute Gasteiger partial charge is 0.238 e. The van der Waals surface area contributed by atoms with Gasteiger partial charge in [-0.1, -0.05) is 18.2 Å². The number of hydrogen-bond acceptors (Lipinski definition) is 9. The van der Waals surface area contributed by atoms with E-state index >= 15 is 0 Å². The van der Waals surface area contributed by atoms with Crippen molar-refractivity contribution in [3.63, 3.8) is 0 Å². The molecule has 1 aromatic heterocycles. The number of H-pyrrole nitrogens is 1. The van der Waals surface area contributed by atoms with Crippen molar-refractivity contribution in [3.8, 4) is 5.88 Å². The summed E-state index contributed by atoms with van der Waals surface area (Å²) in [4.78, 5) is 11.0. The number of aliphatic imine (C=N–C) groups is 1. The summed E-state index contributed by atoms with van der Waals surface area (Å²) in [6.07, 6.45) is -0.290. The highest BCUT2D eigenvalue weighted by Gasteiger charge is 2.22. The normalized spacial score (nSPS) is 18.0. The van der Waals surface area contributed by atoms with Crippen LogP contribution >= 0.6 is 0 Å². The average Bonchev–Trinajstić information content (AvgIpc) is 3.24. The van der Waals surface area contributed by atoms with E-state index < -0.39 is 24.9 Å². The van der Waals surface area contributed by atoms with Gasteiger partial charge in [0, 0.05) is 17.4 Å². The number of aliphatic hydroxyl groups is 4. The molecule has 10 heteroatoms. The van der Waals surface area contributed by atoms with Crippen molar-refractivity contribution in [3.05, 3.63) is 35.5 Å². The number of benzene rings is 1. The van der Waals surface area contributed by atoms with Crippen molar-refractivity contribution < 1.29 is 25.5 Å². The number of para-hydroxylation sites is 1. The summed E-state index contributed by atoms with van der Waals surface area (Å²) in [5.74, 6) is -0.155. The number of aliphatic hydroxyl groups excluding tert-OH is 4. The summed E-state index contributed by atoms with van der Waals surface area (Å²) in [6, 6.07) is 7.58. The lowest BCUT2D eigenvalue weighted by atomic mass is 10.1. The van der Waals surface area contributed by atoms with Crippen LogP contribution in [0.5, 0.6) is 5.88 Å². The molecule has 2 heterocycles. The Kier molecular flexibility index (Phi) is 5.62. The quantitative estimate of drug-likeness (QED) is 0.261. The Morgan fingerprint density at radius 2 is 2.00 bits per heavy atom. The van der Waals surface area contributed by atoms with Crippen LogP contribution in [0.1, 0.15) is 11.3 Å². The molecule has 0 saturated heterocycles. The fraction of sp³-hybridized carbons (Fsp3) is 0.235. The molecule has 0 saturated carbocycles. The third-order valence-corrected chi connectivity index (χ3v) is 3.90. The molecule has 10 nitrogen and oxygen atoms in total. The molecule has 3 atom stereocenters. The topological polar surface area (TPSA) is 167 Å². The molecule has 0 fully saturated rings. The maximum absolute atomic E-state index is 9.97. The van der Waals surface area contributed by atoms with Crippen LogP contribution in [0.3, 0.4) is 0 Å². The lowest BCUT2D eigenvalue weighted by Gasteiger charge is -2.17. The Hall–Kier alpha value is -3.05. The number of aromatic hydroxyl groups is 1. The highest BCUT2D eigenvalue weighted by atomic mass is 16.4. The molecule has 27 heavy (non-hydrogen) atoms. The van der Waals surface area contributed by atoms with Crippen LogP contribution in [0.15, 0.2) is 34.4 Å². The molecule has 0 radical (unpaired) electrons. The molecule has 7 N–H and O–H groups in total. The third-order valence-electron chi connectivity index (χ3n) is 3.90. The third kappa shape index (κ3) is 4.20. The lowest BCUT2D eigenvalue weighted by molar-refractivity contribution is -0.0541. The number of imidazole rings is 1. The van der Waals surface area contributed by atoms with E-state index in [1.807, 2.05) is 24.3 Å². The van der Waals surface area contributed by atoms with Gasteiger partial charge in [0.15, 0.2) is 0 Å². The summed E-state index contributed by atoms with van der Waals surface area (Å²) in [5, 5.41) is 50.8. The Morgan fingerprint density at radius 3 is 2.78 bits per heavy atom. The van der Waals surface area contributed by atoms with Crippen LogP contribution in [-0.4, -0.2) is 72.8 Å². The average molecular weight is 373 g/mol. The number of allylic oxidation sites excluding steroid dienone is 1. The molecular weight excluding hydrogens is 354 g/mol. The molecule has 3 unspecified atom stereocenters. The van der Waals surface area contributed by atoms with Gasteiger partial charge in [-0.25, -0.2) is 5.43 Å². The number of aromatic amines is 1. The fourth-order valence-corrected chi connectivity index (χ4v) is 2.44. The van der Waals surface area contributed by atoms with E-state index in [4.69, 9.17) is 5.11 Å². The minimum atomic E-state index is -1.59. The van der Waals surface area contributed by atoms with Gasteiger partial charge in [-0.2, -0.15) is 10.1 Å². The molecule has 0 aliphatic carbocycles. The van der Waals surface area contributed by atoms with Gasteiger partial charge in [0.2, 0.25) is 11.8 Å². The van der Waals surface area contributed by atoms with Crippen molar-refractivity contribution in [2.45, 2.75) is 18.3 Å². The molecule has 2 aromatic rings. The highest BCUT2D eigenvalue weighted by Crippen LogP contribution is 2.33. The number of fused-ring (bicyclic) bond motifs is 1. The van der Waals surface area contributed by atoms with E-state index in [1.54, 1.807) is 12.3 Å². The maximum Gasteiger partial charge on any atom is 0.238 e. The van der Waals surface area contributed by atoms with E-state index in [1.165, 1.54) is 0 Å². The van der Waals surface area contributed by atoms with Crippen LogP contribution < -0.4 is 5.43 Å². The second kappa shape index (κ2) is 8.10. The first-order valence-electron chi connectivity index (χ1n) is 8.08. The summed E-state index contributed by atoms with van der Waals surface area (Å²) in [5.41, 5.74) is 5.36. The number of nitrogens with zero attached hydrogens (tertiary/aromatic N) is 3. The van der Waals surface area contributed by atoms with Gasteiger partial charge in [-0.05, 0) is 12.1 Å². The van der Waals surface area contributed by atoms with Gasteiger partial charge in [0.1, 0.15) is 24.0 Å². The van der Waals surface area contributed by atoms with Gasteiger partial charge < -0.3 is 30.5 Å². The fourth-order valence-electron chi connectivity index (χ4n) is 2.44. The molecule has 1 aliphatic heterocycles. The molecule has 0 amide bonds. The molecule has 1 aliphatic rings. The zero-order chi connectivity index (χ0) is 19.4. The summed E-state index contributed by atoms with van der Waals surface area (Å²) in [7, 11) is 0. The minimum Gasteiger partial charge on any atom is -0.492 e. The number of aromatic nitrogens is 2. The van der Waals surface area contributed by atoms with Crippen LogP contribution in [0.2, 0.25) is 0 Å². The Balaban J connectivity index is 1.68. The highest BCUT2D eigenvalue weighted by molar-refractivity contribution is 6.21. The largest absolute Gasteiger partial charge is 0.492 e. The van der Waals surface area contributed by atoms with Crippen molar-refractivity contribution in [1.82, 2.24) is 9.97 Å². The van der Waals surface area contributed by atoms with E-state index in [0.29, 0.717) is 5.69 Å². The predicted molar refractivity (Wildman–Crippen MR) is 99.9 cm³/mol. The number of rotatable bonds is 7. The van der Waals surface area contributed by atoms with Crippen LogP contribution in [0.25, 0.3) is 11.6 Å². The number of hydrogen-bond donors (Lipinski definition) is 7. The van der Waals surface area contributed by atoms with Crippen LogP contribution in [0, 0.1) is 0 Å². The van der Waals surface area contributed by atoms with Crippen molar-refractivity contribution in [1.29, 1.82) is 0 Å². The first-order valence-corrected chi connectivity index (χ1v) is 8.08. The van der Waals surface area contributed by atoms with Crippen LogP contribution in [0.4, 0.5) is 11.6 Å². The second-order valence-corrected chi connectivity index (χ2v) is 5.82. The van der Waals surface area contributed by atoms with E-state index in [9.17, 15) is 20.4 Å². The van der Waals surface area contributed by atoms with E-state index in [2.05, 4.69) is 25.5 Å². The van der Waals surface area contributed by atoms with Gasteiger partial charge in [0.25, 0.3) is 0 Å².